The van der Waals surface area contributed by atoms with Crippen molar-refractivity contribution in [2.75, 3.05) is 0 Å². The van der Waals surface area contributed by atoms with Crippen LogP contribution in [0.1, 0.15) is 73.4 Å². The van der Waals surface area contributed by atoms with Crippen molar-refractivity contribution in [1.82, 2.24) is 10.3 Å². The van der Waals surface area contributed by atoms with Gasteiger partial charge >= 0.3 is 5.97 Å². The SMILES string of the molecule is CC1(C)CC(=O)c2cc(C(=O)NC(C)(C)CCC(=O)O)c(=O)[nH]c2C1. The highest BCUT2D eigenvalue weighted by atomic mass is 16.4. The van der Waals surface area contributed by atoms with Crippen LogP contribution in [-0.4, -0.2) is 33.3 Å². The Hall–Kier alpha value is -2.44. The number of fused-ring (bicyclic) bond motifs is 1. The van der Waals surface area contributed by atoms with Crippen LogP contribution in [0.5, 0.6) is 0 Å². The van der Waals surface area contributed by atoms with E-state index in [1.807, 2.05) is 13.8 Å². The van der Waals surface area contributed by atoms with Crippen molar-refractivity contribution < 1.29 is 19.5 Å². The first-order valence-electron chi connectivity index (χ1n) is 8.24. The van der Waals surface area contributed by atoms with Crippen molar-refractivity contribution in [2.24, 2.45) is 5.41 Å². The smallest absolute Gasteiger partial charge is 0.303 e. The van der Waals surface area contributed by atoms with Gasteiger partial charge in [0, 0.05) is 29.6 Å². The third-order valence-corrected chi connectivity index (χ3v) is 4.38. The molecule has 0 radical (unpaired) electrons. The lowest BCUT2D eigenvalue weighted by atomic mass is 9.75. The van der Waals surface area contributed by atoms with Crippen molar-refractivity contribution in [3.05, 3.63) is 33.2 Å². The minimum absolute atomic E-state index is 0.0957. The van der Waals surface area contributed by atoms with Gasteiger partial charge in [-0.3, -0.25) is 19.2 Å². The molecule has 0 saturated carbocycles. The zero-order chi connectivity index (χ0) is 19.0. The summed E-state index contributed by atoms with van der Waals surface area (Å²) >= 11 is 0. The number of nitrogens with one attached hydrogen (secondary N) is 2. The molecule has 7 nitrogen and oxygen atoms in total. The fraction of sp³-hybridized carbons (Fsp3) is 0.556. The number of amides is 1. The number of H-pyrrole nitrogens is 1. The molecule has 1 aliphatic carbocycles. The maximum atomic E-state index is 12.5. The lowest BCUT2D eigenvalue weighted by Gasteiger charge is -2.30. The highest BCUT2D eigenvalue weighted by Crippen LogP contribution is 2.33. The van der Waals surface area contributed by atoms with Gasteiger partial charge in [0.25, 0.3) is 11.5 Å². The van der Waals surface area contributed by atoms with Gasteiger partial charge < -0.3 is 15.4 Å². The summed E-state index contributed by atoms with van der Waals surface area (Å²) in [6.07, 6.45) is 1.05. The summed E-state index contributed by atoms with van der Waals surface area (Å²) < 4.78 is 0. The molecule has 0 aromatic carbocycles. The molecule has 7 heteroatoms. The van der Waals surface area contributed by atoms with Gasteiger partial charge in [0.2, 0.25) is 0 Å². The number of pyridine rings is 1. The monoisotopic (exact) mass is 348 g/mol. The highest BCUT2D eigenvalue weighted by Gasteiger charge is 2.33. The number of hydrogen-bond acceptors (Lipinski definition) is 4. The Morgan fingerprint density at radius 2 is 1.92 bits per heavy atom. The largest absolute Gasteiger partial charge is 0.481 e. The number of carbonyl (C=O) groups is 3. The number of aromatic amines is 1. The van der Waals surface area contributed by atoms with E-state index in [1.165, 1.54) is 6.07 Å². The third kappa shape index (κ3) is 4.55. The van der Waals surface area contributed by atoms with Gasteiger partial charge in [-0.15, -0.1) is 0 Å². The van der Waals surface area contributed by atoms with Crippen molar-refractivity contribution in [3.8, 4) is 0 Å². The second-order valence-electron chi connectivity index (χ2n) is 8.08. The lowest BCUT2D eigenvalue weighted by Crippen LogP contribution is -2.45. The highest BCUT2D eigenvalue weighted by molar-refractivity contribution is 6.02. The van der Waals surface area contributed by atoms with Crippen LogP contribution in [0.15, 0.2) is 10.9 Å². The maximum absolute atomic E-state index is 12.5. The van der Waals surface area contributed by atoms with Crippen LogP contribution in [0.3, 0.4) is 0 Å². The predicted molar refractivity (Wildman–Crippen MR) is 91.9 cm³/mol. The number of aliphatic carboxylic acids is 1. The van der Waals surface area contributed by atoms with Gasteiger partial charge in [0.05, 0.1) is 0 Å². The summed E-state index contributed by atoms with van der Waals surface area (Å²) in [4.78, 5) is 50.4. The van der Waals surface area contributed by atoms with E-state index < -0.39 is 23.0 Å². The van der Waals surface area contributed by atoms with Crippen LogP contribution in [0.4, 0.5) is 0 Å². The minimum Gasteiger partial charge on any atom is -0.481 e. The van der Waals surface area contributed by atoms with Crippen molar-refractivity contribution in [1.29, 1.82) is 0 Å². The maximum Gasteiger partial charge on any atom is 0.303 e. The Morgan fingerprint density at radius 1 is 1.28 bits per heavy atom. The van der Waals surface area contributed by atoms with Gasteiger partial charge in [-0.05, 0) is 38.2 Å². The van der Waals surface area contributed by atoms with Crippen LogP contribution in [-0.2, 0) is 11.2 Å². The van der Waals surface area contributed by atoms with E-state index in [4.69, 9.17) is 5.11 Å². The number of aromatic nitrogens is 1. The van der Waals surface area contributed by atoms with Crippen molar-refractivity contribution >= 4 is 17.7 Å². The fourth-order valence-corrected chi connectivity index (χ4v) is 3.05. The van der Waals surface area contributed by atoms with E-state index in [-0.39, 0.29) is 29.6 Å². The van der Waals surface area contributed by atoms with E-state index in [0.29, 0.717) is 24.1 Å². The number of ketones is 1. The quantitative estimate of drug-likeness (QED) is 0.751. The molecule has 1 heterocycles. The Morgan fingerprint density at radius 3 is 2.52 bits per heavy atom. The number of hydrogen-bond donors (Lipinski definition) is 3. The molecular formula is C18H24N2O5. The Kier molecular flexibility index (Phi) is 4.88. The van der Waals surface area contributed by atoms with Gasteiger partial charge in [-0.2, -0.15) is 0 Å². The van der Waals surface area contributed by atoms with E-state index in [0.717, 1.165) is 0 Å². The fourth-order valence-electron chi connectivity index (χ4n) is 3.05. The summed E-state index contributed by atoms with van der Waals surface area (Å²) in [5.74, 6) is -1.67. The first-order chi connectivity index (χ1) is 11.4. The van der Waals surface area contributed by atoms with Crippen LogP contribution in [0.2, 0.25) is 0 Å². The predicted octanol–water partition coefficient (Wildman–Crippen LogP) is 1.90. The van der Waals surface area contributed by atoms with Gasteiger partial charge in [-0.25, -0.2) is 0 Å². The summed E-state index contributed by atoms with van der Waals surface area (Å²) in [5, 5.41) is 11.4. The molecule has 0 aliphatic heterocycles. The zero-order valence-electron chi connectivity index (χ0n) is 15.0. The molecule has 1 aliphatic rings. The van der Waals surface area contributed by atoms with E-state index in [2.05, 4.69) is 10.3 Å². The first-order valence-corrected chi connectivity index (χ1v) is 8.24. The Balaban J connectivity index is 2.27. The Bertz CT molecular complexity index is 789. The van der Waals surface area contributed by atoms with Gasteiger partial charge in [0.15, 0.2) is 5.78 Å². The molecule has 25 heavy (non-hydrogen) atoms. The summed E-state index contributed by atoms with van der Waals surface area (Å²) in [6.45, 7) is 7.29. The number of carboxylic acids is 1. The number of rotatable bonds is 5. The van der Waals surface area contributed by atoms with Crippen molar-refractivity contribution in [3.63, 3.8) is 0 Å². The third-order valence-electron chi connectivity index (χ3n) is 4.38. The molecule has 0 spiro atoms. The first kappa shape index (κ1) is 18.9. The number of Topliss-reactive ketones (excluding diaryl/α,β-unsaturated/α-hetero) is 1. The standard InChI is InChI=1S/C18H24N2O5/c1-17(2)8-12-10(13(21)9-17)7-11(15(24)19-12)16(25)20-18(3,4)6-5-14(22)23/h7H,5-6,8-9H2,1-4H3,(H,19,24)(H,20,25)(H,22,23). The van der Waals surface area contributed by atoms with E-state index in [1.54, 1.807) is 13.8 Å². The van der Waals surface area contributed by atoms with E-state index in [9.17, 15) is 19.2 Å². The average Bonchev–Trinajstić information content (AvgIpc) is 2.42. The summed E-state index contributed by atoms with van der Waals surface area (Å²) in [5.41, 5.74) is -0.745. The number of carboxylic acid groups (broad SMARTS) is 1. The molecular weight excluding hydrogens is 324 g/mol. The molecule has 2 rings (SSSR count). The van der Waals surface area contributed by atoms with Crippen LogP contribution in [0, 0.1) is 5.41 Å². The van der Waals surface area contributed by atoms with Crippen LogP contribution >= 0.6 is 0 Å². The topological polar surface area (TPSA) is 116 Å². The molecule has 1 amide bonds. The van der Waals surface area contributed by atoms with Crippen LogP contribution < -0.4 is 10.9 Å². The zero-order valence-corrected chi connectivity index (χ0v) is 15.0. The lowest BCUT2D eigenvalue weighted by molar-refractivity contribution is -0.137. The molecule has 3 N–H and O–H groups in total. The molecule has 0 saturated heterocycles. The summed E-state index contributed by atoms with van der Waals surface area (Å²) in [7, 11) is 0. The van der Waals surface area contributed by atoms with E-state index >= 15 is 0 Å². The molecule has 1 aromatic heterocycles. The molecule has 0 unspecified atom stereocenters. The minimum atomic E-state index is -0.956. The second-order valence-corrected chi connectivity index (χ2v) is 8.08. The van der Waals surface area contributed by atoms with Gasteiger partial charge in [0.1, 0.15) is 5.56 Å². The Labute approximate surface area is 145 Å². The normalized spacial score (nSPS) is 16.2. The number of carbonyl (C=O) groups excluding carboxylic acids is 2. The molecule has 136 valence electrons. The molecule has 0 bridgehead atoms. The molecule has 1 aromatic rings. The van der Waals surface area contributed by atoms with Gasteiger partial charge in [-0.1, -0.05) is 13.8 Å². The van der Waals surface area contributed by atoms with Crippen molar-refractivity contribution in [2.45, 2.75) is 58.9 Å². The molecule has 0 atom stereocenters. The summed E-state index contributed by atoms with van der Waals surface area (Å²) in [6, 6.07) is 1.36. The van der Waals surface area contributed by atoms with Crippen LogP contribution in [0.25, 0.3) is 0 Å². The average molecular weight is 348 g/mol. The molecule has 0 fully saturated rings. The second kappa shape index (κ2) is 6.46.